The summed E-state index contributed by atoms with van der Waals surface area (Å²) in [6.45, 7) is 0.834. The van der Waals surface area contributed by atoms with Crippen LogP contribution in [0.3, 0.4) is 0 Å². The van der Waals surface area contributed by atoms with Gasteiger partial charge in [0.15, 0.2) is 0 Å². The first kappa shape index (κ1) is 9.08. The lowest BCUT2D eigenvalue weighted by molar-refractivity contribution is 0.154. The molecule has 1 aromatic rings. The molecule has 1 N–H and O–H groups in total. The molecule has 2 atom stereocenters. The third kappa shape index (κ3) is 1.39. The number of aromatic hydroxyl groups is 1. The zero-order chi connectivity index (χ0) is 10.3. The van der Waals surface area contributed by atoms with Crippen LogP contribution in [0.2, 0.25) is 0 Å². The summed E-state index contributed by atoms with van der Waals surface area (Å²) < 4.78 is 5.71. The van der Waals surface area contributed by atoms with Gasteiger partial charge < -0.3 is 9.84 Å². The van der Waals surface area contributed by atoms with Crippen molar-refractivity contribution in [2.75, 3.05) is 6.61 Å². The Balaban J connectivity index is 2.05. The molecule has 1 heterocycles. The molecule has 2 nitrogen and oxygen atoms in total. The SMILES string of the molecule is Oc1cccc2c1C1CCCCC1CO2. The van der Waals surface area contributed by atoms with Crippen LogP contribution in [0.15, 0.2) is 18.2 Å². The summed E-state index contributed by atoms with van der Waals surface area (Å²) in [6, 6.07) is 5.61. The molecule has 0 radical (unpaired) electrons. The third-order valence-electron chi connectivity index (χ3n) is 3.78. The Hall–Kier alpha value is -1.18. The summed E-state index contributed by atoms with van der Waals surface area (Å²) in [7, 11) is 0. The number of fused-ring (bicyclic) bond motifs is 3. The Kier molecular flexibility index (Phi) is 2.08. The minimum Gasteiger partial charge on any atom is -0.508 e. The van der Waals surface area contributed by atoms with Crippen molar-refractivity contribution in [1.29, 1.82) is 0 Å². The highest BCUT2D eigenvalue weighted by Gasteiger charge is 2.34. The molecular formula is C13H16O2. The number of benzene rings is 1. The molecule has 80 valence electrons. The Morgan fingerprint density at radius 3 is 3.00 bits per heavy atom. The second-order valence-corrected chi connectivity index (χ2v) is 4.65. The third-order valence-corrected chi connectivity index (χ3v) is 3.78. The zero-order valence-corrected chi connectivity index (χ0v) is 8.78. The molecule has 2 unspecified atom stereocenters. The summed E-state index contributed by atoms with van der Waals surface area (Å²) in [6.07, 6.45) is 5.05. The highest BCUT2D eigenvalue weighted by molar-refractivity contribution is 5.48. The molecular weight excluding hydrogens is 188 g/mol. The van der Waals surface area contributed by atoms with Crippen molar-refractivity contribution < 1.29 is 9.84 Å². The normalized spacial score (nSPS) is 28.8. The first-order valence-electron chi connectivity index (χ1n) is 5.81. The quantitative estimate of drug-likeness (QED) is 0.703. The Bertz CT molecular complexity index is 373. The van der Waals surface area contributed by atoms with E-state index in [-0.39, 0.29) is 0 Å². The van der Waals surface area contributed by atoms with Gasteiger partial charge in [0.1, 0.15) is 11.5 Å². The van der Waals surface area contributed by atoms with Gasteiger partial charge in [-0.25, -0.2) is 0 Å². The standard InChI is InChI=1S/C13H16O2/c14-11-6-3-7-12-13(11)10-5-2-1-4-9(10)8-15-12/h3,6-7,9-10,14H,1-2,4-5,8H2. The largest absolute Gasteiger partial charge is 0.508 e. The van der Waals surface area contributed by atoms with E-state index >= 15 is 0 Å². The number of phenolic OH excluding ortho intramolecular Hbond substituents is 1. The lowest BCUT2D eigenvalue weighted by Crippen LogP contribution is -2.28. The van der Waals surface area contributed by atoms with Crippen molar-refractivity contribution in [3.63, 3.8) is 0 Å². The second kappa shape index (κ2) is 3.44. The predicted molar refractivity (Wildman–Crippen MR) is 58.3 cm³/mol. The van der Waals surface area contributed by atoms with Gasteiger partial charge in [0.05, 0.1) is 6.61 Å². The first-order chi connectivity index (χ1) is 7.36. The van der Waals surface area contributed by atoms with Crippen LogP contribution in [0, 0.1) is 5.92 Å². The summed E-state index contributed by atoms with van der Waals surface area (Å²) in [5.74, 6) is 2.48. The van der Waals surface area contributed by atoms with E-state index in [0.717, 1.165) is 17.9 Å². The molecule has 2 aliphatic rings. The summed E-state index contributed by atoms with van der Waals surface area (Å²) in [5, 5.41) is 9.92. The van der Waals surface area contributed by atoms with E-state index in [1.807, 2.05) is 12.1 Å². The van der Waals surface area contributed by atoms with Crippen LogP contribution >= 0.6 is 0 Å². The van der Waals surface area contributed by atoms with Gasteiger partial charge in [-0.1, -0.05) is 18.9 Å². The molecule has 0 spiro atoms. The van der Waals surface area contributed by atoms with Gasteiger partial charge in [0.2, 0.25) is 0 Å². The van der Waals surface area contributed by atoms with Crippen molar-refractivity contribution in [1.82, 2.24) is 0 Å². The molecule has 1 aromatic carbocycles. The Labute approximate surface area is 89.9 Å². The summed E-state index contributed by atoms with van der Waals surface area (Å²) in [4.78, 5) is 0. The van der Waals surface area contributed by atoms with Gasteiger partial charge >= 0.3 is 0 Å². The zero-order valence-electron chi connectivity index (χ0n) is 8.78. The molecule has 1 saturated carbocycles. The molecule has 15 heavy (non-hydrogen) atoms. The van der Waals surface area contributed by atoms with Crippen LogP contribution in [-0.4, -0.2) is 11.7 Å². The van der Waals surface area contributed by atoms with Crippen LogP contribution in [-0.2, 0) is 0 Å². The van der Waals surface area contributed by atoms with Crippen LogP contribution in [0.5, 0.6) is 11.5 Å². The smallest absolute Gasteiger partial charge is 0.126 e. The van der Waals surface area contributed by atoms with E-state index < -0.39 is 0 Å². The van der Waals surface area contributed by atoms with E-state index in [4.69, 9.17) is 4.74 Å². The minimum absolute atomic E-state index is 0.420. The van der Waals surface area contributed by atoms with Gasteiger partial charge in [0, 0.05) is 11.5 Å². The Morgan fingerprint density at radius 1 is 1.20 bits per heavy atom. The van der Waals surface area contributed by atoms with Gasteiger partial charge in [-0.15, -0.1) is 0 Å². The molecule has 0 amide bonds. The monoisotopic (exact) mass is 204 g/mol. The average Bonchev–Trinajstić information content (AvgIpc) is 2.29. The maximum absolute atomic E-state index is 9.92. The van der Waals surface area contributed by atoms with Crippen LogP contribution in [0.1, 0.15) is 37.2 Å². The Morgan fingerprint density at radius 2 is 2.07 bits per heavy atom. The van der Waals surface area contributed by atoms with E-state index in [1.165, 1.54) is 25.7 Å². The topological polar surface area (TPSA) is 29.5 Å². The van der Waals surface area contributed by atoms with E-state index in [0.29, 0.717) is 17.6 Å². The number of hydrogen-bond donors (Lipinski definition) is 1. The maximum atomic E-state index is 9.92. The lowest BCUT2D eigenvalue weighted by Gasteiger charge is -2.37. The van der Waals surface area contributed by atoms with Gasteiger partial charge in [-0.2, -0.15) is 0 Å². The number of rotatable bonds is 0. The lowest BCUT2D eigenvalue weighted by atomic mass is 9.74. The summed E-state index contributed by atoms with van der Waals surface area (Å²) in [5.41, 5.74) is 1.06. The van der Waals surface area contributed by atoms with E-state index in [2.05, 4.69) is 0 Å². The van der Waals surface area contributed by atoms with E-state index in [9.17, 15) is 5.11 Å². The van der Waals surface area contributed by atoms with Crippen LogP contribution in [0.25, 0.3) is 0 Å². The maximum Gasteiger partial charge on any atom is 0.126 e. The second-order valence-electron chi connectivity index (χ2n) is 4.65. The van der Waals surface area contributed by atoms with Crippen LogP contribution in [0.4, 0.5) is 0 Å². The summed E-state index contributed by atoms with van der Waals surface area (Å²) >= 11 is 0. The van der Waals surface area contributed by atoms with Crippen LogP contribution < -0.4 is 4.74 Å². The fourth-order valence-corrected chi connectivity index (χ4v) is 3.01. The van der Waals surface area contributed by atoms with Crippen molar-refractivity contribution in [3.8, 4) is 11.5 Å². The highest BCUT2D eigenvalue weighted by Crippen LogP contribution is 2.48. The number of ether oxygens (including phenoxy) is 1. The molecule has 1 fully saturated rings. The fourth-order valence-electron chi connectivity index (χ4n) is 3.01. The van der Waals surface area contributed by atoms with Gasteiger partial charge in [0.25, 0.3) is 0 Å². The molecule has 1 aliphatic carbocycles. The van der Waals surface area contributed by atoms with Crippen molar-refractivity contribution in [2.45, 2.75) is 31.6 Å². The molecule has 0 bridgehead atoms. The molecule has 0 aromatic heterocycles. The molecule has 0 saturated heterocycles. The first-order valence-corrected chi connectivity index (χ1v) is 5.81. The van der Waals surface area contributed by atoms with Crippen molar-refractivity contribution in [3.05, 3.63) is 23.8 Å². The highest BCUT2D eigenvalue weighted by atomic mass is 16.5. The van der Waals surface area contributed by atoms with E-state index in [1.54, 1.807) is 6.07 Å². The fraction of sp³-hybridized carbons (Fsp3) is 0.538. The average molecular weight is 204 g/mol. The minimum atomic E-state index is 0.420. The molecule has 2 heteroatoms. The molecule has 3 rings (SSSR count). The predicted octanol–water partition coefficient (Wildman–Crippen LogP) is 3.06. The van der Waals surface area contributed by atoms with Crippen molar-refractivity contribution >= 4 is 0 Å². The van der Waals surface area contributed by atoms with Gasteiger partial charge in [-0.05, 0) is 30.9 Å². The van der Waals surface area contributed by atoms with Crippen molar-refractivity contribution in [2.24, 2.45) is 5.92 Å². The molecule has 1 aliphatic heterocycles. The number of phenols is 1. The number of hydrogen-bond acceptors (Lipinski definition) is 2. The van der Waals surface area contributed by atoms with Gasteiger partial charge in [-0.3, -0.25) is 0 Å².